The minimum Gasteiger partial charge on any atom is -0.300 e. The lowest BCUT2D eigenvalue weighted by Gasteiger charge is -2.30. The second-order valence-corrected chi connectivity index (χ2v) is 6.77. The van der Waals surface area contributed by atoms with E-state index in [1.54, 1.807) is 0 Å². The Morgan fingerprint density at radius 3 is 2.35 bits per heavy atom. The second kappa shape index (κ2) is 5.57. The van der Waals surface area contributed by atoms with Gasteiger partial charge >= 0.3 is 0 Å². The van der Waals surface area contributed by atoms with Crippen molar-refractivity contribution in [3.05, 3.63) is 29.8 Å². The summed E-state index contributed by atoms with van der Waals surface area (Å²) in [6.07, 6.45) is 0.856. The number of benzene rings is 1. The van der Waals surface area contributed by atoms with Crippen molar-refractivity contribution in [3.8, 4) is 0 Å². The van der Waals surface area contributed by atoms with E-state index in [1.807, 2.05) is 0 Å². The molecule has 0 radical (unpaired) electrons. The van der Waals surface area contributed by atoms with Crippen LogP contribution in [0.5, 0.6) is 0 Å². The number of rotatable bonds is 3. The summed E-state index contributed by atoms with van der Waals surface area (Å²) in [6.45, 7) is 1.82. The largest absolute Gasteiger partial charge is 0.300 e. The van der Waals surface area contributed by atoms with E-state index in [1.165, 1.54) is 6.92 Å². The molecule has 1 saturated heterocycles. The Morgan fingerprint density at radius 2 is 1.85 bits per heavy atom. The monoisotopic (exact) mass is 303 g/mol. The van der Waals surface area contributed by atoms with Gasteiger partial charge in [0.05, 0.1) is 0 Å². The predicted molar refractivity (Wildman–Crippen MR) is 68.5 cm³/mol. The van der Waals surface area contributed by atoms with Gasteiger partial charge in [-0.2, -0.15) is 4.31 Å². The van der Waals surface area contributed by atoms with Crippen LogP contribution in [0, 0.1) is 17.6 Å². The zero-order valence-corrected chi connectivity index (χ0v) is 11.8. The molecule has 1 aliphatic heterocycles. The number of halogens is 2. The lowest BCUT2D eigenvalue weighted by molar-refractivity contribution is -0.121. The summed E-state index contributed by atoms with van der Waals surface area (Å²) in [4.78, 5) is 10.7. The molecule has 1 aromatic carbocycles. The molecule has 0 bridgehead atoms. The quantitative estimate of drug-likeness (QED) is 0.857. The highest BCUT2D eigenvalue weighted by molar-refractivity contribution is 7.89. The number of piperidine rings is 1. The van der Waals surface area contributed by atoms with Gasteiger partial charge in [-0.1, -0.05) is 0 Å². The van der Waals surface area contributed by atoms with Crippen molar-refractivity contribution < 1.29 is 22.0 Å². The molecule has 20 heavy (non-hydrogen) atoms. The number of nitrogens with zero attached hydrogens (tertiary/aromatic N) is 1. The van der Waals surface area contributed by atoms with Crippen LogP contribution in [0.15, 0.2) is 23.1 Å². The van der Waals surface area contributed by atoms with Crippen LogP contribution in [-0.4, -0.2) is 31.6 Å². The van der Waals surface area contributed by atoms with E-state index in [4.69, 9.17) is 0 Å². The molecule has 7 heteroatoms. The fraction of sp³-hybridized carbons (Fsp3) is 0.462. The maximum absolute atomic E-state index is 13.6. The molecule has 0 aliphatic carbocycles. The number of sulfonamides is 1. The maximum Gasteiger partial charge on any atom is 0.245 e. The zero-order chi connectivity index (χ0) is 14.9. The van der Waals surface area contributed by atoms with Gasteiger partial charge in [-0.15, -0.1) is 0 Å². The normalized spacial score (nSPS) is 18.1. The summed E-state index contributed by atoms with van der Waals surface area (Å²) in [5.41, 5.74) is 0. The van der Waals surface area contributed by atoms with Crippen LogP contribution in [0.4, 0.5) is 8.78 Å². The molecule has 0 unspecified atom stereocenters. The van der Waals surface area contributed by atoms with E-state index in [0.717, 1.165) is 16.4 Å². The Balaban J connectivity index is 2.22. The summed E-state index contributed by atoms with van der Waals surface area (Å²) in [6, 6.07) is 2.39. The highest BCUT2D eigenvalue weighted by atomic mass is 32.2. The van der Waals surface area contributed by atoms with Crippen LogP contribution in [0.2, 0.25) is 0 Å². The number of carbonyl (C=O) groups is 1. The van der Waals surface area contributed by atoms with Crippen LogP contribution in [0.3, 0.4) is 0 Å². The Kier molecular flexibility index (Phi) is 4.19. The molecule has 1 heterocycles. The van der Waals surface area contributed by atoms with E-state index in [9.17, 15) is 22.0 Å². The van der Waals surface area contributed by atoms with Crippen molar-refractivity contribution in [1.82, 2.24) is 4.31 Å². The van der Waals surface area contributed by atoms with Gasteiger partial charge in [0.25, 0.3) is 0 Å². The van der Waals surface area contributed by atoms with Gasteiger partial charge in [0.1, 0.15) is 22.3 Å². The number of ketones is 1. The fourth-order valence-corrected chi connectivity index (χ4v) is 3.84. The highest BCUT2D eigenvalue weighted by Gasteiger charge is 2.32. The third-order valence-corrected chi connectivity index (χ3v) is 5.47. The molecule has 0 N–H and O–H groups in total. The third-order valence-electron chi connectivity index (χ3n) is 3.54. The first-order valence-corrected chi connectivity index (χ1v) is 7.72. The van der Waals surface area contributed by atoms with Gasteiger partial charge in [-0.25, -0.2) is 17.2 Å². The average molecular weight is 303 g/mol. The first kappa shape index (κ1) is 15.1. The zero-order valence-electron chi connectivity index (χ0n) is 11.0. The maximum atomic E-state index is 13.6. The van der Waals surface area contributed by atoms with Crippen molar-refractivity contribution >= 4 is 15.8 Å². The van der Waals surface area contributed by atoms with Gasteiger partial charge in [0, 0.05) is 25.1 Å². The van der Waals surface area contributed by atoms with Crippen molar-refractivity contribution in [2.45, 2.75) is 24.7 Å². The second-order valence-electron chi connectivity index (χ2n) is 4.86. The van der Waals surface area contributed by atoms with Crippen LogP contribution in [0.1, 0.15) is 19.8 Å². The summed E-state index contributed by atoms with van der Waals surface area (Å²) in [7, 11) is -3.98. The molecular weight excluding hydrogens is 288 g/mol. The van der Waals surface area contributed by atoms with Gasteiger partial charge in [0.2, 0.25) is 10.0 Å². The minimum atomic E-state index is -3.98. The molecule has 0 aromatic heterocycles. The SMILES string of the molecule is CC(=O)C1CCN(S(=O)(=O)c2ccc(F)cc2F)CC1. The topological polar surface area (TPSA) is 54.5 Å². The molecule has 1 aliphatic rings. The van der Waals surface area contributed by atoms with E-state index < -0.39 is 26.6 Å². The van der Waals surface area contributed by atoms with E-state index in [-0.39, 0.29) is 24.8 Å². The lowest BCUT2D eigenvalue weighted by Crippen LogP contribution is -2.40. The summed E-state index contributed by atoms with van der Waals surface area (Å²) >= 11 is 0. The predicted octanol–water partition coefficient (Wildman–Crippen LogP) is 1.95. The lowest BCUT2D eigenvalue weighted by atomic mass is 9.95. The minimum absolute atomic E-state index is 0.0370. The standard InChI is InChI=1S/C13H15F2NO3S/c1-9(17)10-4-6-16(7-5-10)20(18,19)13-3-2-11(14)8-12(13)15/h2-3,8,10H,4-7H2,1H3. The van der Waals surface area contributed by atoms with Gasteiger partial charge in [-0.3, -0.25) is 4.79 Å². The van der Waals surface area contributed by atoms with Crippen molar-refractivity contribution in [2.24, 2.45) is 5.92 Å². The Hall–Kier alpha value is -1.34. The smallest absolute Gasteiger partial charge is 0.245 e. The first-order chi connectivity index (χ1) is 9.32. The molecule has 0 atom stereocenters. The molecule has 0 spiro atoms. The molecule has 1 fully saturated rings. The third kappa shape index (κ3) is 2.88. The fourth-order valence-electron chi connectivity index (χ4n) is 2.33. The molecule has 4 nitrogen and oxygen atoms in total. The van der Waals surface area contributed by atoms with E-state index in [0.29, 0.717) is 18.9 Å². The van der Waals surface area contributed by atoms with Crippen LogP contribution in [0.25, 0.3) is 0 Å². The van der Waals surface area contributed by atoms with Crippen molar-refractivity contribution in [2.75, 3.05) is 13.1 Å². The van der Waals surface area contributed by atoms with Gasteiger partial charge in [-0.05, 0) is 31.9 Å². The Labute approximate surface area is 116 Å². The number of hydrogen-bond donors (Lipinski definition) is 0. The van der Waals surface area contributed by atoms with Gasteiger partial charge in [0.15, 0.2) is 0 Å². The number of Topliss-reactive ketones (excluding diaryl/α,β-unsaturated/α-hetero) is 1. The summed E-state index contributed by atoms with van der Waals surface area (Å²) in [5, 5.41) is 0. The number of hydrogen-bond acceptors (Lipinski definition) is 3. The van der Waals surface area contributed by atoms with Crippen molar-refractivity contribution in [3.63, 3.8) is 0 Å². The Bertz CT molecular complexity index is 623. The molecular formula is C13H15F2NO3S. The first-order valence-electron chi connectivity index (χ1n) is 6.28. The summed E-state index contributed by atoms with van der Waals surface area (Å²) in [5.74, 6) is -2.02. The molecule has 1 aromatic rings. The molecule has 0 amide bonds. The van der Waals surface area contributed by atoms with E-state index in [2.05, 4.69) is 0 Å². The van der Waals surface area contributed by atoms with Gasteiger partial charge < -0.3 is 0 Å². The van der Waals surface area contributed by atoms with Crippen molar-refractivity contribution in [1.29, 1.82) is 0 Å². The van der Waals surface area contributed by atoms with Crippen LogP contribution >= 0.6 is 0 Å². The number of carbonyl (C=O) groups excluding carboxylic acids is 1. The van der Waals surface area contributed by atoms with E-state index >= 15 is 0 Å². The van der Waals surface area contributed by atoms with Crippen LogP contribution < -0.4 is 0 Å². The summed E-state index contributed by atoms with van der Waals surface area (Å²) < 4.78 is 52.1. The molecule has 2 rings (SSSR count). The Morgan fingerprint density at radius 1 is 1.25 bits per heavy atom. The highest BCUT2D eigenvalue weighted by Crippen LogP contribution is 2.25. The molecule has 0 saturated carbocycles. The molecule has 110 valence electrons. The van der Waals surface area contributed by atoms with Crippen LogP contribution in [-0.2, 0) is 14.8 Å². The average Bonchev–Trinajstić information content (AvgIpc) is 2.38.